The summed E-state index contributed by atoms with van der Waals surface area (Å²) in [5.41, 5.74) is 7.66. The van der Waals surface area contributed by atoms with E-state index in [9.17, 15) is 4.79 Å². The number of benzene rings is 1. The lowest BCUT2D eigenvalue weighted by Crippen LogP contribution is -2.34. The van der Waals surface area contributed by atoms with Gasteiger partial charge in [0.15, 0.2) is 0 Å². The summed E-state index contributed by atoms with van der Waals surface area (Å²) < 4.78 is 10.9. The van der Waals surface area contributed by atoms with Crippen molar-refractivity contribution < 1.29 is 14.3 Å². The van der Waals surface area contributed by atoms with Crippen LogP contribution in [0.3, 0.4) is 0 Å². The summed E-state index contributed by atoms with van der Waals surface area (Å²) in [7, 11) is 0. The van der Waals surface area contributed by atoms with Crippen molar-refractivity contribution in [3.05, 3.63) is 60.0 Å². The number of hydrogen-bond donors (Lipinski definition) is 1. The Labute approximate surface area is 152 Å². The summed E-state index contributed by atoms with van der Waals surface area (Å²) in [6.45, 7) is 4.01. The second-order valence-electron chi connectivity index (χ2n) is 5.97. The van der Waals surface area contributed by atoms with E-state index in [-0.39, 0.29) is 0 Å². The molecule has 3 aromatic rings. The van der Waals surface area contributed by atoms with E-state index >= 15 is 0 Å². The first-order chi connectivity index (χ1) is 12.6. The van der Waals surface area contributed by atoms with E-state index < -0.39 is 12.0 Å². The predicted octanol–water partition coefficient (Wildman–Crippen LogP) is 3.16. The monoisotopic (exact) mass is 351 g/mol. The highest BCUT2D eigenvalue weighted by Crippen LogP contribution is 2.28. The standard InChI is InChI=1S/C20H21N3O3/c1-3-25-20(24)18(21)11-14-4-6-16(7-5-14)26-19-17-12-22-9-8-15(17)10-13(2)23-19/h4-10,12,18H,3,11,21H2,1-2H3/t18-/m0/s1. The maximum Gasteiger partial charge on any atom is 0.323 e. The molecule has 0 amide bonds. The van der Waals surface area contributed by atoms with E-state index in [1.165, 1.54) is 0 Å². The summed E-state index contributed by atoms with van der Waals surface area (Å²) in [5, 5.41) is 1.88. The minimum atomic E-state index is -0.671. The number of hydrogen-bond acceptors (Lipinski definition) is 6. The third-order valence-corrected chi connectivity index (χ3v) is 3.91. The normalized spacial score (nSPS) is 12.0. The Morgan fingerprint density at radius 3 is 2.73 bits per heavy atom. The first kappa shape index (κ1) is 17.8. The zero-order chi connectivity index (χ0) is 18.5. The number of ether oxygens (including phenoxy) is 2. The maximum absolute atomic E-state index is 11.6. The lowest BCUT2D eigenvalue weighted by molar-refractivity contribution is -0.144. The Kier molecular flexibility index (Phi) is 5.43. The minimum Gasteiger partial charge on any atom is -0.465 e. The van der Waals surface area contributed by atoms with Gasteiger partial charge >= 0.3 is 5.97 Å². The zero-order valence-electron chi connectivity index (χ0n) is 14.8. The van der Waals surface area contributed by atoms with Crippen LogP contribution in [0, 0.1) is 6.92 Å². The fourth-order valence-electron chi connectivity index (χ4n) is 2.66. The van der Waals surface area contributed by atoms with Crippen molar-refractivity contribution in [2.24, 2.45) is 5.73 Å². The number of nitrogens with two attached hydrogens (primary N) is 1. The van der Waals surface area contributed by atoms with Crippen molar-refractivity contribution in [3.8, 4) is 11.6 Å². The second-order valence-corrected chi connectivity index (χ2v) is 5.97. The molecule has 1 aromatic carbocycles. The van der Waals surface area contributed by atoms with Gasteiger partial charge in [0.1, 0.15) is 11.8 Å². The van der Waals surface area contributed by atoms with Crippen LogP contribution in [0.4, 0.5) is 0 Å². The highest BCUT2D eigenvalue weighted by atomic mass is 16.5. The van der Waals surface area contributed by atoms with Gasteiger partial charge in [0.05, 0.1) is 12.0 Å². The summed E-state index contributed by atoms with van der Waals surface area (Å²) in [5.74, 6) is 0.779. The number of aryl methyl sites for hydroxylation is 1. The molecule has 2 heterocycles. The van der Waals surface area contributed by atoms with Gasteiger partial charge in [0, 0.05) is 18.1 Å². The molecule has 6 nitrogen and oxygen atoms in total. The smallest absolute Gasteiger partial charge is 0.323 e. The van der Waals surface area contributed by atoms with Gasteiger partial charge in [-0.15, -0.1) is 0 Å². The molecule has 0 saturated heterocycles. The van der Waals surface area contributed by atoms with Gasteiger partial charge in [-0.05, 0) is 55.5 Å². The fourth-order valence-corrected chi connectivity index (χ4v) is 2.66. The molecule has 0 bridgehead atoms. The van der Waals surface area contributed by atoms with E-state index in [2.05, 4.69) is 9.97 Å². The van der Waals surface area contributed by atoms with Crippen LogP contribution in [-0.2, 0) is 16.0 Å². The summed E-state index contributed by atoms with van der Waals surface area (Å²) in [6, 6.07) is 10.7. The van der Waals surface area contributed by atoms with Crippen molar-refractivity contribution >= 4 is 16.7 Å². The van der Waals surface area contributed by atoms with Gasteiger partial charge in [-0.1, -0.05) is 12.1 Å². The molecule has 0 radical (unpaired) electrons. The van der Waals surface area contributed by atoms with Crippen molar-refractivity contribution in [2.75, 3.05) is 6.61 Å². The molecule has 0 aliphatic carbocycles. The third kappa shape index (κ3) is 4.15. The average Bonchev–Trinajstić information content (AvgIpc) is 2.63. The molecule has 26 heavy (non-hydrogen) atoms. The van der Waals surface area contributed by atoms with Gasteiger partial charge in [0.2, 0.25) is 5.88 Å². The molecule has 2 N–H and O–H groups in total. The molecule has 6 heteroatoms. The molecule has 0 fully saturated rings. The Balaban J connectivity index is 1.75. The van der Waals surface area contributed by atoms with Crippen molar-refractivity contribution in [2.45, 2.75) is 26.3 Å². The van der Waals surface area contributed by atoms with Crippen LogP contribution in [0.1, 0.15) is 18.2 Å². The molecule has 0 spiro atoms. The van der Waals surface area contributed by atoms with E-state index in [0.717, 1.165) is 22.0 Å². The quantitative estimate of drug-likeness (QED) is 0.686. The second kappa shape index (κ2) is 7.93. The number of carbonyl (C=O) groups is 1. The molecular weight excluding hydrogens is 330 g/mol. The molecule has 0 unspecified atom stereocenters. The Bertz CT molecular complexity index is 910. The van der Waals surface area contributed by atoms with E-state index in [1.54, 1.807) is 19.3 Å². The Morgan fingerprint density at radius 2 is 2.00 bits per heavy atom. The van der Waals surface area contributed by atoms with Crippen LogP contribution in [0.15, 0.2) is 48.8 Å². The molecule has 0 aliphatic heterocycles. The van der Waals surface area contributed by atoms with Crippen LogP contribution in [-0.4, -0.2) is 28.6 Å². The van der Waals surface area contributed by atoms with Crippen molar-refractivity contribution in [3.63, 3.8) is 0 Å². The predicted molar refractivity (Wildman–Crippen MR) is 99.1 cm³/mol. The molecular formula is C20H21N3O3. The van der Waals surface area contributed by atoms with Crippen LogP contribution in [0.25, 0.3) is 10.8 Å². The van der Waals surface area contributed by atoms with Crippen LogP contribution < -0.4 is 10.5 Å². The highest BCUT2D eigenvalue weighted by Gasteiger charge is 2.15. The number of aromatic nitrogens is 2. The number of pyridine rings is 2. The van der Waals surface area contributed by atoms with Gasteiger partial charge in [-0.3, -0.25) is 9.78 Å². The largest absolute Gasteiger partial charge is 0.465 e. The molecule has 0 aliphatic rings. The average molecular weight is 351 g/mol. The number of nitrogens with zero attached hydrogens (tertiary/aromatic N) is 2. The third-order valence-electron chi connectivity index (χ3n) is 3.91. The molecule has 2 aromatic heterocycles. The number of carbonyl (C=O) groups excluding carboxylic acids is 1. The minimum absolute atomic E-state index is 0.325. The van der Waals surface area contributed by atoms with Gasteiger partial charge in [0.25, 0.3) is 0 Å². The van der Waals surface area contributed by atoms with E-state index in [1.807, 2.05) is 43.3 Å². The Morgan fingerprint density at radius 1 is 1.23 bits per heavy atom. The summed E-state index contributed by atoms with van der Waals surface area (Å²) >= 11 is 0. The van der Waals surface area contributed by atoms with Crippen molar-refractivity contribution in [1.82, 2.24) is 9.97 Å². The van der Waals surface area contributed by atoms with Gasteiger partial charge in [-0.2, -0.15) is 0 Å². The first-order valence-corrected chi connectivity index (χ1v) is 8.47. The van der Waals surface area contributed by atoms with Gasteiger partial charge in [-0.25, -0.2) is 4.98 Å². The number of fused-ring (bicyclic) bond motifs is 1. The lowest BCUT2D eigenvalue weighted by atomic mass is 10.1. The molecule has 134 valence electrons. The van der Waals surface area contributed by atoms with Crippen LogP contribution in [0.5, 0.6) is 11.6 Å². The maximum atomic E-state index is 11.6. The van der Waals surface area contributed by atoms with E-state index in [0.29, 0.717) is 24.7 Å². The number of esters is 1. The summed E-state index contributed by atoms with van der Waals surface area (Å²) in [6.07, 6.45) is 3.89. The highest BCUT2D eigenvalue weighted by molar-refractivity contribution is 5.86. The molecule has 0 saturated carbocycles. The van der Waals surface area contributed by atoms with Crippen molar-refractivity contribution in [1.29, 1.82) is 0 Å². The number of rotatable bonds is 6. The first-order valence-electron chi connectivity index (χ1n) is 8.47. The molecule has 1 atom stereocenters. The SMILES string of the molecule is CCOC(=O)[C@@H](N)Cc1ccc(Oc2nc(C)cc3ccncc23)cc1. The van der Waals surface area contributed by atoms with E-state index in [4.69, 9.17) is 15.2 Å². The Hall–Kier alpha value is -2.99. The van der Waals surface area contributed by atoms with Gasteiger partial charge < -0.3 is 15.2 Å². The molecule has 3 rings (SSSR count). The van der Waals surface area contributed by atoms with Crippen LogP contribution in [0.2, 0.25) is 0 Å². The van der Waals surface area contributed by atoms with Crippen LogP contribution >= 0.6 is 0 Å². The summed E-state index contributed by atoms with van der Waals surface area (Å²) in [4.78, 5) is 20.2. The topological polar surface area (TPSA) is 87.3 Å². The zero-order valence-corrected chi connectivity index (χ0v) is 14.8. The lowest BCUT2D eigenvalue weighted by Gasteiger charge is -2.12. The fraction of sp³-hybridized carbons (Fsp3) is 0.250.